The van der Waals surface area contributed by atoms with Crippen molar-refractivity contribution in [2.24, 2.45) is 5.92 Å². The minimum absolute atomic E-state index is 0.681. The normalized spacial score (nSPS) is 21.2. The Morgan fingerprint density at radius 1 is 1.11 bits per heavy atom. The minimum atomic E-state index is 0.681. The molecule has 0 aromatic heterocycles. The molecule has 1 N–H and O–H groups in total. The van der Waals surface area contributed by atoms with Gasteiger partial charge in [-0.15, -0.1) is 0 Å². The molecule has 98 valence electrons. The number of nitrogens with one attached hydrogen (secondary N) is 1. The van der Waals surface area contributed by atoms with Crippen LogP contribution in [0.25, 0.3) is 0 Å². The van der Waals surface area contributed by atoms with Crippen molar-refractivity contribution in [2.45, 2.75) is 64.5 Å². The molecule has 0 amide bonds. The second kappa shape index (κ2) is 5.44. The number of rotatable bonds is 4. The molecular formula is C17H25N. The standard InChI is InChI=1S/C17H25N/c1-13(15-5-2-3-6-15)18-12-14-9-10-16-7-4-8-17(16)11-14/h9-11,13,15,18H,2-8,12H2,1H3/t13-/m0/s1. The van der Waals surface area contributed by atoms with E-state index in [9.17, 15) is 0 Å². The van der Waals surface area contributed by atoms with Gasteiger partial charge in [0.15, 0.2) is 0 Å². The summed E-state index contributed by atoms with van der Waals surface area (Å²) >= 11 is 0. The third-order valence-corrected chi connectivity index (χ3v) is 4.90. The number of hydrogen-bond donors (Lipinski definition) is 1. The van der Waals surface area contributed by atoms with E-state index in [4.69, 9.17) is 0 Å². The summed E-state index contributed by atoms with van der Waals surface area (Å²) in [4.78, 5) is 0. The smallest absolute Gasteiger partial charge is 0.0208 e. The molecule has 1 heteroatoms. The summed E-state index contributed by atoms with van der Waals surface area (Å²) in [6, 6.07) is 7.77. The summed E-state index contributed by atoms with van der Waals surface area (Å²) in [6.07, 6.45) is 9.68. The Bertz CT molecular complexity index is 404. The van der Waals surface area contributed by atoms with Gasteiger partial charge in [-0.05, 0) is 61.6 Å². The molecule has 0 spiro atoms. The summed E-state index contributed by atoms with van der Waals surface area (Å²) in [5.41, 5.74) is 4.66. The van der Waals surface area contributed by atoms with Gasteiger partial charge in [-0.1, -0.05) is 31.0 Å². The van der Waals surface area contributed by atoms with Crippen LogP contribution in [0.3, 0.4) is 0 Å². The maximum atomic E-state index is 3.73. The van der Waals surface area contributed by atoms with Crippen molar-refractivity contribution in [3.8, 4) is 0 Å². The average Bonchev–Trinajstić information content (AvgIpc) is 3.05. The van der Waals surface area contributed by atoms with Crippen LogP contribution in [0.1, 0.15) is 55.7 Å². The van der Waals surface area contributed by atoms with Crippen LogP contribution in [0.15, 0.2) is 18.2 Å². The van der Waals surface area contributed by atoms with Crippen molar-refractivity contribution in [3.63, 3.8) is 0 Å². The largest absolute Gasteiger partial charge is 0.310 e. The number of fused-ring (bicyclic) bond motifs is 1. The van der Waals surface area contributed by atoms with Gasteiger partial charge < -0.3 is 5.32 Å². The van der Waals surface area contributed by atoms with Crippen molar-refractivity contribution in [1.29, 1.82) is 0 Å². The molecule has 1 fully saturated rings. The SMILES string of the molecule is C[C@H](NCc1ccc2c(c1)CCC2)C1CCCC1. The van der Waals surface area contributed by atoms with Crippen LogP contribution in [-0.4, -0.2) is 6.04 Å². The molecule has 18 heavy (non-hydrogen) atoms. The fourth-order valence-corrected chi connectivity index (χ4v) is 3.64. The second-order valence-electron chi connectivity index (χ2n) is 6.17. The molecule has 0 unspecified atom stereocenters. The van der Waals surface area contributed by atoms with E-state index in [0.29, 0.717) is 6.04 Å². The zero-order valence-electron chi connectivity index (χ0n) is 11.5. The van der Waals surface area contributed by atoms with Gasteiger partial charge in [0.05, 0.1) is 0 Å². The molecule has 1 aromatic rings. The van der Waals surface area contributed by atoms with Crippen molar-refractivity contribution < 1.29 is 0 Å². The van der Waals surface area contributed by atoms with E-state index in [1.54, 1.807) is 11.1 Å². The van der Waals surface area contributed by atoms with Crippen molar-refractivity contribution >= 4 is 0 Å². The molecule has 1 atom stereocenters. The van der Waals surface area contributed by atoms with Gasteiger partial charge in [-0.3, -0.25) is 0 Å². The van der Waals surface area contributed by atoms with E-state index in [2.05, 4.69) is 30.4 Å². The second-order valence-corrected chi connectivity index (χ2v) is 6.17. The first-order valence-corrected chi connectivity index (χ1v) is 7.67. The van der Waals surface area contributed by atoms with Crippen molar-refractivity contribution in [3.05, 3.63) is 34.9 Å². The first kappa shape index (κ1) is 12.2. The van der Waals surface area contributed by atoms with Gasteiger partial charge in [-0.25, -0.2) is 0 Å². The highest BCUT2D eigenvalue weighted by atomic mass is 14.9. The molecule has 1 saturated carbocycles. The van der Waals surface area contributed by atoms with E-state index in [1.165, 1.54) is 50.5 Å². The van der Waals surface area contributed by atoms with Crippen molar-refractivity contribution in [1.82, 2.24) is 5.32 Å². The molecule has 1 nitrogen and oxygen atoms in total. The van der Waals surface area contributed by atoms with Crippen LogP contribution >= 0.6 is 0 Å². The van der Waals surface area contributed by atoms with Gasteiger partial charge in [0, 0.05) is 12.6 Å². The fourth-order valence-electron chi connectivity index (χ4n) is 3.64. The van der Waals surface area contributed by atoms with Gasteiger partial charge in [0.2, 0.25) is 0 Å². The van der Waals surface area contributed by atoms with Gasteiger partial charge in [0.1, 0.15) is 0 Å². The minimum Gasteiger partial charge on any atom is -0.310 e. The quantitative estimate of drug-likeness (QED) is 0.847. The summed E-state index contributed by atoms with van der Waals surface area (Å²) in [6.45, 7) is 3.41. The topological polar surface area (TPSA) is 12.0 Å². The Labute approximate surface area is 111 Å². The van der Waals surface area contributed by atoms with Crippen LogP contribution in [0, 0.1) is 5.92 Å². The van der Waals surface area contributed by atoms with E-state index < -0.39 is 0 Å². The molecule has 2 aliphatic carbocycles. The molecule has 0 saturated heterocycles. The maximum Gasteiger partial charge on any atom is 0.0208 e. The summed E-state index contributed by atoms with van der Waals surface area (Å²) in [7, 11) is 0. The van der Waals surface area contributed by atoms with Crippen molar-refractivity contribution in [2.75, 3.05) is 0 Å². The number of aryl methyl sites for hydroxylation is 2. The fraction of sp³-hybridized carbons (Fsp3) is 0.647. The van der Waals surface area contributed by atoms with Crippen LogP contribution in [-0.2, 0) is 19.4 Å². The van der Waals surface area contributed by atoms with E-state index in [-0.39, 0.29) is 0 Å². The lowest BCUT2D eigenvalue weighted by molar-refractivity contribution is 0.380. The monoisotopic (exact) mass is 243 g/mol. The highest BCUT2D eigenvalue weighted by Crippen LogP contribution is 2.28. The lowest BCUT2D eigenvalue weighted by Crippen LogP contribution is -2.31. The van der Waals surface area contributed by atoms with Crippen LogP contribution in [0.2, 0.25) is 0 Å². The van der Waals surface area contributed by atoms with E-state index in [1.807, 2.05) is 0 Å². The number of benzene rings is 1. The Morgan fingerprint density at radius 3 is 2.72 bits per heavy atom. The van der Waals surface area contributed by atoms with Gasteiger partial charge in [-0.2, -0.15) is 0 Å². The molecule has 3 rings (SSSR count). The molecule has 0 aliphatic heterocycles. The average molecular weight is 243 g/mol. The molecule has 0 heterocycles. The lowest BCUT2D eigenvalue weighted by atomic mass is 9.99. The third-order valence-electron chi connectivity index (χ3n) is 4.90. The zero-order chi connectivity index (χ0) is 12.4. The predicted molar refractivity (Wildman–Crippen MR) is 76.7 cm³/mol. The third kappa shape index (κ3) is 2.61. The lowest BCUT2D eigenvalue weighted by Gasteiger charge is -2.20. The Balaban J connectivity index is 1.56. The summed E-state index contributed by atoms with van der Waals surface area (Å²) < 4.78 is 0. The maximum absolute atomic E-state index is 3.73. The van der Waals surface area contributed by atoms with Crippen LogP contribution in [0.5, 0.6) is 0 Å². The Hall–Kier alpha value is -0.820. The molecule has 2 aliphatic rings. The van der Waals surface area contributed by atoms with Crippen LogP contribution in [0.4, 0.5) is 0 Å². The van der Waals surface area contributed by atoms with E-state index in [0.717, 1.165) is 12.5 Å². The number of hydrogen-bond acceptors (Lipinski definition) is 1. The highest BCUT2D eigenvalue weighted by Gasteiger charge is 2.21. The van der Waals surface area contributed by atoms with Crippen LogP contribution < -0.4 is 5.32 Å². The summed E-state index contributed by atoms with van der Waals surface area (Å²) in [5, 5.41) is 3.73. The summed E-state index contributed by atoms with van der Waals surface area (Å²) in [5.74, 6) is 0.916. The first-order chi connectivity index (χ1) is 8.83. The Morgan fingerprint density at radius 2 is 1.89 bits per heavy atom. The molecule has 1 aromatic carbocycles. The van der Waals surface area contributed by atoms with E-state index >= 15 is 0 Å². The molecule has 0 bridgehead atoms. The molecular weight excluding hydrogens is 218 g/mol. The van der Waals surface area contributed by atoms with Gasteiger partial charge in [0.25, 0.3) is 0 Å². The zero-order valence-corrected chi connectivity index (χ0v) is 11.5. The highest BCUT2D eigenvalue weighted by molar-refractivity contribution is 5.35. The first-order valence-electron chi connectivity index (χ1n) is 7.67. The predicted octanol–water partition coefficient (Wildman–Crippen LogP) is 3.84. The molecule has 0 radical (unpaired) electrons. The Kier molecular flexibility index (Phi) is 3.69. The van der Waals surface area contributed by atoms with Gasteiger partial charge >= 0.3 is 0 Å².